The molecule has 1 aromatic heterocycles. The Bertz CT molecular complexity index is 1160. The van der Waals surface area contributed by atoms with Crippen molar-refractivity contribution in [3.05, 3.63) is 79.3 Å². The predicted octanol–water partition coefficient (Wildman–Crippen LogP) is 6.26. The van der Waals surface area contributed by atoms with Gasteiger partial charge in [-0.3, -0.25) is 0 Å². The van der Waals surface area contributed by atoms with Crippen LogP contribution < -0.4 is 5.32 Å². The first-order chi connectivity index (χ1) is 13.6. The molecule has 4 rings (SSSR count). The van der Waals surface area contributed by atoms with E-state index in [1.807, 2.05) is 61.7 Å². The molecule has 1 aliphatic heterocycles. The van der Waals surface area contributed by atoms with Crippen molar-refractivity contribution in [2.75, 3.05) is 5.32 Å². The lowest BCUT2D eigenvalue weighted by Crippen LogP contribution is -2.38. The Kier molecular flexibility index (Phi) is 4.92. The fourth-order valence-corrected chi connectivity index (χ4v) is 5.14. The number of aryl methyl sites for hydroxylation is 1. The van der Waals surface area contributed by atoms with E-state index in [1.165, 1.54) is 0 Å². The van der Waals surface area contributed by atoms with E-state index in [9.17, 15) is 9.90 Å². The highest BCUT2D eigenvalue weighted by atomic mass is 79.9. The number of rotatable bonds is 3. The van der Waals surface area contributed by atoms with Crippen molar-refractivity contribution in [2.24, 2.45) is 0 Å². The highest BCUT2D eigenvalue weighted by Gasteiger charge is 2.42. The number of anilines is 1. The van der Waals surface area contributed by atoms with E-state index in [2.05, 4.69) is 26.2 Å². The minimum atomic E-state index is -1.08. The Morgan fingerprint density at radius 2 is 1.86 bits per heavy atom. The van der Waals surface area contributed by atoms with Crippen molar-refractivity contribution in [3.8, 4) is 0 Å². The van der Waals surface area contributed by atoms with Gasteiger partial charge in [-0.25, -0.2) is 9.78 Å². The number of carboxylic acids is 1. The molecule has 29 heavy (non-hydrogen) atoms. The van der Waals surface area contributed by atoms with E-state index in [-0.39, 0.29) is 5.69 Å². The zero-order chi connectivity index (χ0) is 21.1. The number of halogens is 3. The monoisotopic (exact) mass is 493 g/mol. The summed E-state index contributed by atoms with van der Waals surface area (Å²) in [7, 11) is 0. The van der Waals surface area contributed by atoms with Gasteiger partial charge in [-0.05, 0) is 77.7 Å². The Morgan fingerprint density at radius 1 is 1.21 bits per heavy atom. The quantitative estimate of drug-likeness (QED) is 0.451. The van der Waals surface area contributed by atoms with Gasteiger partial charge in [-0.2, -0.15) is 0 Å². The summed E-state index contributed by atoms with van der Waals surface area (Å²) in [4.78, 5) is 16.3. The molecule has 0 amide bonds. The third kappa shape index (κ3) is 3.23. The van der Waals surface area contributed by atoms with E-state index < -0.39 is 17.6 Å². The molecular weight excluding hydrogens is 477 g/mol. The fraction of sp³-hybridized carbons (Fsp3) is 0.238. The molecule has 2 heterocycles. The summed E-state index contributed by atoms with van der Waals surface area (Å²) in [6.45, 7) is 6.01. The van der Waals surface area contributed by atoms with Crippen LogP contribution in [-0.2, 0) is 5.54 Å². The molecular formula is C21H18BrCl2N3O2. The van der Waals surface area contributed by atoms with Crippen LogP contribution in [0.3, 0.4) is 0 Å². The molecule has 2 N–H and O–H groups in total. The first kappa shape index (κ1) is 20.3. The smallest absolute Gasteiger partial charge is 0.356 e. The molecule has 0 bridgehead atoms. The van der Waals surface area contributed by atoms with Crippen LogP contribution in [-0.4, -0.2) is 20.6 Å². The van der Waals surface area contributed by atoms with E-state index in [0.29, 0.717) is 20.5 Å². The fourth-order valence-electron chi connectivity index (χ4n) is 3.99. The maximum atomic E-state index is 12.0. The molecule has 0 spiro atoms. The van der Waals surface area contributed by atoms with E-state index in [1.54, 1.807) is 0 Å². The highest BCUT2D eigenvalue weighted by molar-refractivity contribution is 9.10. The molecule has 0 saturated heterocycles. The zero-order valence-corrected chi connectivity index (χ0v) is 19.0. The number of nitrogens with zero attached hydrogens (tertiary/aromatic N) is 2. The summed E-state index contributed by atoms with van der Waals surface area (Å²) in [6, 6.07) is 10.8. The van der Waals surface area contributed by atoms with Crippen molar-refractivity contribution < 1.29 is 9.90 Å². The van der Waals surface area contributed by atoms with Gasteiger partial charge in [0.15, 0.2) is 10.4 Å². The normalized spacial score (nSPS) is 16.8. The molecule has 1 aliphatic rings. The Hall–Kier alpha value is -2.02. The summed E-state index contributed by atoms with van der Waals surface area (Å²) in [5.41, 5.74) is 3.77. The van der Waals surface area contributed by atoms with Gasteiger partial charge in [-0.1, -0.05) is 35.3 Å². The van der Waals surface area contributed by atoms with Crippen molar-refractivity contribution in [1.82, 2.24) is 9.55 Å². The number of fused-ring (bicyclic) bond motifs is 2. The Labute approximate surface area is 186 Å². The maximum Gasteiger partial charge on any atom is 0.356 e. The minimum Gasteiger partial charge on any atom is -0.476 e. The molecule has 150 valence electrons. The molecule has 2 aromatic carbocycles. The number of aromatic nitrogens is 2. The summed E-state index contributed by atoms with van der Waals surface area (Å²) < 4.78 is 2.36. The number of hydrogen-bond donors (Lipinski definition) is 2. The number of hydrogen-bond acceptors (Lipinski definition) is 3. The minimum absolute atomic E-state index is 0.00253. The number of benzene rings is 2. The van der Waals surface area contributed by atoms with Gasteiger partial charge >= 0.3 is 5.97 Å². The van der Waals surface area contributed by atoms with Gasteiger partial charge < -0.3 is 15.0 Å². The second-order valence-corrected chi connectivity index (χ2v) is 9.16. The predicted molar refractivity (Wildman–Crippen MR) is 118 cm³/mol. The molecule has 1 atom stereocenters. The molecule has 0 aliphatic carbocycles. The first-order valence-electron chi connectivity index (χ1n) is 8.95. The van der Waals surface area contributed by atoms with Crippen molar-refractivity contribution >= 4 is 50.8 Å². The van der Waals surface area contributed by atoms with Crippen LogP contribution >= 0.6 is 39.1 Å². The van der Waals surface area contributed by atoms with Crippen LogP contribution in [0.2, 0.25) is 10.0 Å². The molecule has 0 saturated carbocycles. The summed E-state index contributed by atoms with van der Waals surface area (Å²) in [5.74, 6) is -1.08. The van der Waals surface area contributed by atoms with Crippen molar-refractivity contribution in [3.63, 3.8) is 0 Å². The number of imidazole rings is 1. The number of nitrogens with one attached hydrogen (secondary N) is 1. The van der Waals surface area contributed by atoms with Crippen LogP contribution in [0.15, 0.2) is 41.1 Å². The second-order valence-electron chi connectivity index (χ2n) is 7.58. The molecule has 1 unspecified atom stereocenters. The van der Waals surface area contributed by atoms with Crippen molar-refractivity contribution in [1.29, 1.82) is 0 Å². The third-order valence-corrected chi connectivity index (χ3v) is 6.39. The SMILES string of the molecule is Cc1ccc(Cl)cc1NC1c2ccc(Cl)cc2C(C)(C)n2c(Br)nc(C(=O)O)c21. The van der Waals surface area contributed by atoms with Crippen LogP contribution in [0, 0.1) is 6.92 Å². The lowest BCUT2D eigenvalue weighted by atomic mass is 9.81. The van der Waals surface area contributed by atoms with Crippen LogP contribution in [0.1, 0.15) is 52.8 Å². The Balaban J connectivity index is 2.01. The number of aromatic carboxylic acids is 1. The molecule has 0 fully saturated rings. The number of carboxylic acid groups (broad SMARTS) is 1. The Morgan fingerprint density at radius 3 is 2.55 bits per heavy atom. The van der Waals surface area contributed by atoms with E-state index in [0.717, 1.165) is 22.4 Å². The van der Waals surface area contributed by atoms with Crippen LogP contribution in [0.25, 0.3) is 0 Å². The largest absolute Gasteiger partial charge is 0.476 e. The first-order valence-corrected chi connectivity index (χ1v) is 10.5. The highest BCUT2D eigenvalue weighted by Crippen LogP contribution is 2.46. The standard InChI is InChI=1S/C21H18BrCl2N3O2/c1-10-4-5-12(24)9-15(10)25-16-13-7-6-11(23)8-14(13)21(2,3)27-18(16)17(19(28)29)26-20(27)22/h4-9,16,25H,1-3H3,(H,28,29). The second kappa shape index (κ2) is 7.04. The van der Waals surface area contributed by atoms with E-state index >= 15 is 0 Å². The average Bonchev–Trinajstić information content (AvgIpc) is 3.00. The van der Waals surface area contributed by atoms with Crippen LogP contribution in [0.5, 0.6) is 0 Å². The lowest BCUT2D eigenvalue weighted by Gasteiger charge is -2.40. The van der Waals surface area contributed by atoms with Crippen molar-refractivity contribution in [2.45, 2.75) is 32.4 Å². The van der Waals surface area contributed by atoms with Gasteiger partial charge in [-0.15, -0.1) is 0 Å². The maximum absolute atomic E-state index is 12.0. The van der Waals surface area contributed by atoms with E-state index in [4.69, 9.17) is 23.2 Å². The molecule has 3 aromatic rings. The molecule has 0 radical (unpaired) electrons. The third-order valence-electron chi connectivity index (χ3n) is 5.39. The van der Waals surface area contributed by atoms with Gasteiger partial charge in [0.2, 0.25) is 0 Å². The molecule has 8 heteroatoms. The summed E-state index contributed by atoms with van der Waals surface area (Å²) in [6.07, 6.45) is 0. The number of carbonyl (C=O) groups is 1. The topological polar surface area (TPSA) is 67.2 Å². The van der Waals surface area contributed by atoms with Gasteiger partial charge in [0.25, 0.3) is 0 Å². The van der Waals surface area contributed by atoms with Gasteiger partial charge in [0.05, 0.1) is 17.3 Å². The summed E-state index contributed by atoms with van der Waals surface area (Å²) >= 11 is 16.0. The average molecular weight is 495 g/mol. The summed E-state index contributed by atoms with van der Waals surface area (Å²) in [5, 5.41) is 14.5. The molecule has 5 nitrogen and oxygen atoms in total. The lowest BCUT2D eigenvalue weighted by molar-refractivity contribution is 0.0689. The van der Waals surface area contributed by atoms with Crippen LogP contribution in [0.4, 0.5) is 5.69 Å². The zero-order valence-electron chi connectivity index (χ0n) is 15.9. The van der Waals surface area contributed by atoms with Gasteiger partial charge in [0, 0.05) is 15.7 Å². The van der Waals surface area contributed by atoms with Gasteiger partial charge in [0.1, 0.15) is 0 Å².